The normalized spacial score (nSPS) is 10.6. The fourth-order valence-corrected chi connectivity index (χ4v) is 3.13. The summed E-state index contributed by atoms with van der Waals surface area (Å²) >= 11 is 9.06. The lowest BCUT2D eigenvalue weighted by Crippen LogP contribution is -2.17. The molecule has 0 saturated carbocycles. The maximum atomic E-state index is 12.6. The second kappa shape index (κ2) is 10.6. The number of rotatable bonds is 7. The number of ether oxygens (including phenoxy) is 1. The van der Waals surface area contributed by atoms with Gasteiger partial charge in [0.1, 0.15) is 5.75 Å². The van der Waals surface area contributed by atoms with Gasteiger partial charge in [-0.05, 0) is 42.5 Å². The first-order valence-electron chi connectivity index (χ1n) is 9.18. The number of esters is 1. The Balaban J connectivity index is 1.82. The van der Waals surface area contributed by atoms with E-state index in [1.165, 1.54) is 30.5 Å². The van der Waals surface area contributed by atoms with Crippen molar-refractivity contribution in [3.8, 4) is 5.75 Å². The summed E-state index contributed by atoms with van der Waals surface area (Å²) in [6.07, 6.45) is 1.22. The summed E-state index contributed by atoms with van der Waals surface area (Å²) in [6.45, 7) is 0. The van der Waals surface area contributed by atoms with Crippen molar-refractivity contribution in [2.75, 3.05) is 0 Å². The van der Waals surface area contributed by atoms with Crippen molar-refractivity contribution < 1.29 is 24.2 Å². The maximum absolute atomic E-state index is 12.6. The number of carbonyl (C=O) groups excluding carboxylic acids is 2. The van der Waals surface area contributed by atoms with E-state index in [0.29, 0.717) is 15.1 Å². The van der Waals surface area contributed by atoms with Gasteiger partial charge in [-0.25, -0.2) is 10.2 Å². The minimum Gasteiger partial charge on any atom is -0.422 e. The smallest absolute Gasteiger partial charge is 0.344 e. The second-order valence-electron chi connectivity index (χ2n) is 6.53. The molecule has 0 aliphatic rings. The quantitative estimate of drug-likeness (QED) is 0.145. The molecule has 3 rings (SSSR count). The molecule has 0 saturated heterocycles. The highest BCUT2D eigenvalue weighted by molar-refractivity contribution is 9.10. The number of carbonyl (C=O) groups is 2. The summed E-state index contributed by atoms with van der Waals surface area (Å²) in [5.74, 6) is -1.58. The van der Waals surface area contributed by atoms with Gasteiger partial charge in [-0.1, -0.05) is 27.5 Å². The van der Waals surface area contributed by atoms with Crippen molar-refractivity contribution in [2.24, 2.45) is 5.10 Å². The zero-order valence-corrected chi connectivity index (χ0v) is 19.1. The Morgan fingerprint density at radius 3 is 2.15 bits per heavy atom. The standard InChI is InChI=1S/C21H12BrClN4O7/c22-15-3-6-19(14(7-15)11-24-25-20(28)12-1-4-16(23)5-2-12)34-21(29)13-8-17(26(30)31)10-18(9-13)27(32)33/h1-11H,(H,25,28)/b24-11-. The maximum Gasteiger partial charge on any atom is 0.344 e. The van der Waals surface area contributed by atoms with Crippen molar-refractivity contribution in [3.05, 3.63) is 107 Å². The molecule has 0 aliphatic carbocycles. The van der Waals surface area contributed by atoms with E-state index in [9.17, 15) is 29.8 Å². The number of halogens is 2. The molecule has 172 valence electrons. The summed E-state index contributed by atoms with van der Waals surface area (Å²) in [4.78, 5) is 45.2. The van der Waals surface area contributed by atoms with Crippen LogP contribution >= 0.6 is 27.5 Å². The third-order valence-corrected chi connectivity index (χ3v) is 4.96. The van der Waals surface area contributed by atoms with Gasteiger partial charge < -0.3 is 4.74 Å². The van der Waals surface area contributed by atoms with E-state index < -0.39 is 33.1 Å². The van der Waals surface area contributed by atoms with Crippen molar-refractivity contribution >= 4 is 57.0 Å². The predicted octanol–water partition coefficient (Wildman–Crippen LogP) is 4.90. The second-order valence-corrected chi connectivity index (χ2v) is 7.88. The molecule has 0 aromatic heterocycles. The zero-order chi connectivity index (χ0) is 24.8. The van der Waals surface area contributed by atoms with E-state index >= 15 is 0 Å². The van der Waals surface area contributed by atoms with Crippen molar-refractivity contribution in [1.82, 2.24) is 5.43 Å². The zero-order valence-electron chi connectivity index (χ0n) is 16.8. The van der Waals surface area contributed by atoms with E-state index in [0.717, 1.165) is 18.2 Å². The van der Waals surface area contributed by atoms with Crippen LogP contribution in [0.25, 0.3) is 0 Å². The lowest BCUT2D eigenvalue weighted by Gasteiger charge is -2.08. The van der Waals surface area contributed by atoms with E-state index in [4.69, 9.17) is 16.3 Å². The van der Waals surface area contributed by atoms with Crippen LogP contribution in [0, 0.1) is 20.2 Å². The molecule has 1 amide bonds. The van der Waals surface area contributed by atoms with E-state index in [2.05, 4.69) is 26.5 Å². The molecule has 0 radical (unpaired) electrons. The Morgan fingerprint density at radius 2 is 1.56 bits per heavy atom. The summed E-state index contributed by atoms with van der Waals surface area (Å²) in [5.41, 5.74) is 1.24. The van der Waals surface area contributed by atoms with Crippen LogP contribution < -0.4 is 10.2 Å². The third kappa shape index (κ3) is 6.21. The molecule has 0 bridgehead atoms. The highest BCUT2D eigenvalue weighted by atomic mass is 79.9. The molecule has 0 unspecified atom stereocenters. The number of benzene rings is 3. The Bertz CT molecular complexity index is 1300. The monoisotopic (exact) mass is 546 g/mol. The molecule has 0 heterocycles. The molecule has 0 fully saturated rings. The van der Waals surface area contributed by atoms with Crippen LogP contribution in [0.4, 0.5) is 11.4 Å². The topological polar surface area (TPSA) is 154 Å². The van der Waals surface area contributed by atoms with E-state index in [1.54, 1.807) is 18.2 Å². The van der Waals surface area contributed by atoms with Gasteiger partial charge >= 0.3 is 5.97 Å². The molecule has 3 aromatic carbocycles. The number of nitro benzene ring substituents is 2. The van der Waals surface area contributed by atoms with E-state index in [-0.39, 0.29) is 16.9 Å². The van der Waals surface area contributed by atoms with Gasteiger partial charge in [0, 0.05) is 32.8 Å². The Hall–Kier alpha value is -4.16. The third-order valence-electron chi connectivity index (χ3n) is 4.21. The number of nitro groups is 2. The lowest BCUT2D eigenvalue weighted by molar-refractivity contribution is -0.394. The van der Waals surface area contributed by atoms with Crippen LogP contribution in [-0.2, 0) is 0 Å². The predicted molar refractivity (Wildman–Crippen MR) is 125 cm³/mol. The summed E-state index contributed by atoms with van der Waals surface area (Å²) in [6, 6.07) is 13.1. The molecule has 34 heavy (non-hydrogen) atoms. The minimum absolute atomic E-state index is 0.00755. The van der Waals surface area contributed by atoms with Crippen LogP contribution in [-0.4, -0.2) is 27.9 Å². The lowest BCUT2D eigenvalue weighted by atomic mass is 10.1. The van der Waals surface area contributed by atoms with Crippen LogP contribution in [0.2, 0.25) is 5.02 Å². The van der Waals surface area contributed by atoms with Crippen LogP contribution in [0.3, 0.4) is 0 Å². The van der Waals surface area contributed by atoms with Crippen molar-refractivity contribution in [2.45, 2.75) is 0 Å². The van der Waals surface area contributed by atoms with Gasteiger partial charge in [-0.2, -0.15) is 5.10 Å². The number of nitrogens with zero attached hydrogens (tertiary/aromatic N) is 3. The van der Waals surface area contributed by atoms with Gasteiger partial charge in [-0.3, -0.25) is 25.0 Å². The van der Waals surface area contributed by atoms with Crippen LogP contribution in [0.1, 0.15) is 26.3 Å². The molecule has 0 aliphatic heterocycles. The summed E-state index contributed by atoms with van der Waals surface area (Å²) in [7, 11) is 0. The van der Waals surface area contributed by atoms with Gasteiger partial charge in [0.2, 0.25) is 0 Å². The molecule has 0 atom stereocenters. The molecular weight excluding hydrogens is 536 g/mol. The van der Waals surface area contributed by atoms with Gasteiger partial charge in [0.05, 0.1) is 27.7 Å². The number of hydrazone groups is 1. The Morgan fingerprint density at radius 1 is 0.941 bits per heavy atom. The van der Waals surface area contributed by atoms with E-state index in [1.807, 2.05) is 0 Å². The highest BCUT2D eigenvalue weighted by Gasteiger charge is 2.21. The largest absolute Gasteiger partial charge is 0.422 e. The van der Waals surface area contributed by atoms with Crippen molar-refractivity contribution in [1.29, 1.82) is 0 Å². The van der Waals surface area contributed by atoms with Gasteiger partial charge in [0.15, 0.2) is 0 Å². The Kier molecular flexibility index (Phi) is 7.66. The Labute approximate surface area is 204 Å². The fraction of sp³-hybridized carbons (Fsp3) is 0. The molecule has 13 heteroatoms. The van der Waals surface area contributed by atoms with Crippen LogP contribution in [0.5, 0.6) is 5.75 Å². The van der Waals surface area contributed by atoms with Gasteiger partial charge in [-0.15, -0.1) is 0 Å². The van der Waals surface area contributed by atoms with Crippen LogP contribution in [0.15, 0.2) is 70.2 Å². The molecule has 0 spiro atoms. The number of hydrogen-bond acceptors (Lipinski definition) is 8. The highest BCUT2D eigenvalue weighted by Crippen LogP contribution is 2.26. The average Bonchev–Trinajstić information content (AvgIpc) is 2.80. The number of hydrogen-bond donors (Lipinski definition) is 1. The SMILES string of the molecule is O=C(N/N=C\c1cc(Br)ccc1OC(=O)c1cc([N+](=O)[O-])cc([N+](=O)[O-])c1)c1ccc(Cl)cc1. The first kappa shape index (κ1) is 24.5. The molecule has 1 N–H and O–H groups in total. The first-order valence-corrected chi connectivity index (χ1v) is 10.4. The fourth-order valence-electron chi connectivity index (χ4n) is 2.62. The summed E-state index contributed by atoms with van der Waals surface area (Å²) in [5, 5.41) is 26.4. The number of amides is 1. The number of non-ortho nitro benzene ring substituents is 2. The minimum atomic E-state index is -1.06. The first-order chi connectivity index (χ1) is 16.1. The van der Waals surface area contributed by atoms with Gasteiger partial charge in [0.25, 0.3) is 17.3 Å². The molecule has 3 aromatic rings. The van der Waals surface area contributed by atoms with Crippen molar-refractivity contribution in [3.63, 3.8) is 0 Å². The summed E-state index contributed by atoms with van der Waals surface area (Å²) < 4.78 is 5.89. The molecular formula is C21H12BrClN4O7. The average molecular weight is 548 g/mol. The number of nitrogens with one attached hydrogen (secondary N) is 1. The molecule has 11 nitrogen and oxygen atoms in total.